The van der Waals surface area contributed by atoms with Crippen molar-refractivity contribution in [1.29, 1.82) is 0 Å². The number of hydrogen-bond acceptors (Lipinski definition) is 3. The molecule has 1 amide bonds. The lowest BCUT2D eigenvalue weighted by Gasteiger charge is -2.25. The van der Waals surface area contributed by atoms with Crippen LogP contribution in [0.25, 0.3) is 10.9 Å². The van der Waals surface area contributed by atoms with Crippen molar-refractivity contribution in [3.05, 3.63) is 64.8 Å². The van der Waals surface area contributed by atoms with Crippen LogP contribution in [-0.4, -0.2) is 43.5 Å². The molecule has 3 aromatic rings. The van der Waals surface area contributed by atoms with Crippen LogP contribution in [0.3, 0.4) is 0 Å². The van der Waals surface area contributed by atoms with E-state index in [0.29, 0.717) is 18.0 Å². The van der Waals surface area contributed by atoms with Gasteiger partial charge in [-0.2, -0.15) is 0 Å². The molecule has 27 heavy (non-hydrogen) atoms. The SMILES string of the molecule is COc1ccc(C(CNC(=O)Cc2c[nH]c3ccc(Cl)cc23)N(C)C)cc1. The van der Waals surface area contributed by atoms with Gasteiger partial charge < -0.3 is 19.9 Å². The van der Waals surface area contributed by atoms with E-state index in [2.05, 4.69) is 15.2 Å². The Hall–Kier alpha value is -2.50. The first-order valence-corrected chi connectivity index (χ1v) is 9.18. The van der Waals surface area contributed by atoms with Crippen LogP contribution < -0.4 is 10.1 Å². The number of ether oxygens (including phenoxy) is 1. The Kier molecular flexibility index (Phi) is 6.04. The molecule has 0 aliphatic carbocycles. The topological polar surface area (TPSA) is 57.4 Å². The number of nitrogens with zero attached hydrogens (tertiary/aromatic N) is 1. The standard InChI is InChI=1S/C21H24ClN3O2/c1-25(2)20(14-4-7-17(27-3)8-5-14)13-24-21(26)10-15-12-23-19-9-6-16(22)11-18(15)19/h4-9,11-12,20,23H,10,13H2,1-3H3,(H,24,26). The van der Waals surface area contributed by atoms with Gasteiger partial charge in [-0.3, -0.25) is 4.79 Å². The molecular weight excluding hydrogens is 362 g/mol. The Bertz CT molecular complexity index is 919. The van der Waals surface area contributed by atoms with Crippen molar-refractivity contribution in [3.8, 4) is 5.75 Å². The number of aromatic nitrogens is 1. The van der Waals surface area contributed by atoms with Gasteiger partial charge >= 0.3 is 0 Å². The molecule has 0 radical (unpaired) electrons. The first-order chi connectivity index (χ1) is 13.0. The molecule has 2 N–H and O–H groups in total. The van der Waals surface area contributed by atoms with E-state index in [-0.39, 0.29) is 11.9 Å². The summed E-state index contributed by atoms with van der Waals surface area (Å²) in [5.41, 5.74) is 3.04. The number of halogens is 1. The summed E-state index contributed by atoms with van der Waals surface area (Å²) in [6.45, 7) is 0.529. The monoisotopic (exact) mass is 385 g/mol. The van der Waals surface area contributed by atoms with Crippen LogP contribution in [0, 0.1) is 0 Å². The van der Waals surface area contributed by atoms with E-state index in [4.69, 9.17) is 16.3 Å². The number of carbonyl (C=O) groups excluding carboxylic acids is 1. The van der Waals surface area contributed by atoms with E-state index in [1.165, 1.54) is 0 Å². The van der Waals surface area contributed by atoms with Gasteiger partial charge in [0.1, 0.15) is 5.75 Å². The number of benzene rings is 2. The van der Waals surface area contributed by atoms with Crippen molar-refractivity contribution in [2.45, 2.75) is 12.5 Å². The number of aromatic amines is 1. The minimum atomic E-state index is -0.0174. The third-order valence-corrected chi connectivity index (χ3v) is 4.93. The molecule has 1 aromatic heterocycles. The predicted octanol–water partition coefficient (Wildman–Crippen LogP) is 3.79. The van der Waals surface area contributed by atoms with Crippen molar-refractivity contribution < 1.29 is 9.53 Å². The maximum atomic E-state index is 12.5. The molecule has 0 aliphatic rings. The Morgan fingerprint density at radius 3 is 2.63 bits per heavy atom. The van der Waals surface area contributed by atoms with Crippen molar-refractivity contribution in [2.75, 3.05) is 27.7 Å². The molecule has 0 saturated carbocycles. The van der Waals surface area contributed by atoms with Crippen LogP contribution in [0.1, 0.15) is 17.2 Å². The number of rotatable bonds is 7. The summed E-state index contributed by atoms with van der Waals surface area (Å²) in [5.74, 6) is 0.800. The van der Waals surface area contributed by atoms with Crippen LogP contribution >= 0.6 is 11.6 Å². The molecule has 1 heterocycles. The molecule has 6 heteroatoms. The summed E-state index contributed by atoms with van der Waals surface area (Å²) in [4.78, 5) is 17.8. The number of nitrogens with one attached hydrogen (secondary N) is 2. The van der Waals surface area contributed by atoms with Gasteiger partial charge in [0.25, 0.3) is 0 Å². The van der Waals surface area contributed by atoms with E-state index < -0.39 is 0 Å². The fourth-order valence-corrected chi connectivity index (χ4v) is 3.34. The lowest BCUT2D eigenvalue weighted by molar-refractivity contribution is -0.120. The van der Waals surface area contributed by atoms with Gasteiger partial charge in [0.15, 0.2) is 0 Å². The summed E-state index contributed by atoms with van der Waals surface area (Å²) in [7, 11) is 5.65. The average molecular weight is 386 g/mol. The molecule has 0 fully saturated rings. The lowest BCUT2D eigenvalue weighted by Crippen LogP contribution is -2.35. The number of amides is 1. The summed E-state index contributed by atoms with van der Waals surface area (Å²) < 4.78 is 5.21. The first-order valence-electron chi connectivity index (χ1n) is 8.80. The molecule has 1 unspecified atom stereocenters. The molecule has 0 spiro atoms. The van der Waals surface area contributed by atoms with Gasteiger partial charge in [0.05, 0.1) is 19.6 Å². The number of fused-ring (bicyclic) bond motifs is 1. The van der Waals surface area contributed by atoms with Crippen LogP contribution in [-0.2, 0) is 11.2 Å². The van der Waals surface area contributed by atoms with Gasteiger partial charge in [-0.15, -0.1) is 0 Å². The van der Waals surface area contributed by atoms with Gasteiger partial charge in [0.2, 0.25) is 5.91 Å². The average Bonchev–Trinajstić information content (AvgIpc) is 3.04. The minimum Gasteiger partial charge on any atom is -0.497 e. The molecule has 2 aromatic carbocycles. The maximum Gasteiger partial charge on any atom is 0.224 e. The van der Waals surface area contributed by atoms with Crippen LogP contribution in [0.5, 0.6) is 5.75 Å². The second-order valence-electron chi connectivity index (χ2n) is 6.74. The van der Waals surface area contributed by atoms with E-state index in [0.717, 1.165) is 27.8 Å². The minimum absolute atomic E-state index is 0.0174. The second-order valence-corrected chi connectivity index (χ2v) is 7.17. The Balaban J connectivity index is 1.66. The van der Waals surface area contributed by atoms with Crippen molar-refractivity contribution in [2.24, 2.45) is 0 Å². The quantitative estimate of drug-likeness (QED) is 0.650. The molecule has 3 rings (SSSR count). The highest BCUT2D eigenvalue weighted by atomic mass is 35.5. The maximum absolute atomic E-state index is 12.5. The van der Waals surface area contributed by atoms with E-state index in [1.54, 1.807) is 7.11 Å². The zero-order valence-electron chi connectivity index (χ0n) is 15.8. The number of carbonyl (C=O) groups is 1. The van der Waals surface area contributed by atoms with Crippen molar-refractivity contribution >= 4 is 28.4 Å². The number of H-pyrrole nitrogens is 1. The Morgan fingerprint density at radius 2 is 1.96 bits per heavy atom. The van der Waals surface area contributed by atoms with E-state index in [9.17, 15) is 4.79 Å². The third kappa shape index (κ3) is 4.62. The summed E-state index contributed by atoms with van der Waals surface area (Å²) in [5, 5.41) is 4.70. The predicted molar refractivity (Wildman–Crippen MR) is 109 cm³/mol. The molecule has 1 atom stereocenters. The molecule has 0 bridgehead atoms. The molecule has 0 saturated heterocycles. The number of hydrogen-bond donors (Lipinski definition) is 2. The van der Waals surface area contributed by atoms with Crippen LogP contribution in [0.15, 0.2) is 48.7 Å². The largest absolute Gasteiger partial charge is 0.497 e. The lowest BCUT2D eigenvalue weighted by atomic mass is 10.1. The highest BCUT2D eigenvalue weighted by molar-refractivity contribution is 6.31. The normalized spacial score (nSPS) is 12.3. The molecular formula is C21H24ClN3O2. The molecule has 142 valence electrons. The van der Waals surface area contributed by atoms with Gasteiger partial charge in [0, 0.05) is 28.7 Å². The zero-order valence-corrected chi connectivity index (χ0v) is 16.5. The smallest absolute Gasteiger partial charge is 0.224 e. The second kappa shape index (κ2) is 8.46. The van der Waals surface area contributed by atoms with Crippen molar-refractivity contribution in [3.63, 3.8) is 0 Å². The summed E-state index contributed by atoms with van der Waals surface area (Å²) in [6.07, 6.45) is 2.18. The Labute approximate surface area is 164 Å². The zero-order chi connectivity index (χ0) is 19.4. The van der Waals surface area contributed by atoms with Gasteiger partial charge in [-0.25, -0.2) is 0 Å². The summed E-state index contributed by atoms with van der Waals surface area (Å²) in [6, 6.07) is 13.6. The number of likely N-dealkylation sites (N-methyl/N-ethyl adjacent to an activating group) is 1. The summed E-state index contributed by atoms with van der Waals surface area (Å²) >= 11 is 6.08. The van der Waals surface area contributed by atoms with Crippen molar-refractivity contribution in [1.82, 2.24) is 15.2 Å². The number of methoxy groups -OCH3 is 1. The van der Waals surface area contributed by atoms with E-state index >= 15 is 0 Å². The molecule has 0 aliphatic heterocycles. The molecule has 5 nitrogen and oxygen atoms in total. The Morgan fingerprint density at radius 1 is 1.22 bits per heavy atom. The van der Waals surface area contributed by atoms with Gasteiger partial charge in [-0.05, 0) is 55.6 Å². The highest BCUT2D eigenvalue weighted by Gasteiger charge is 2.16. The first kappa shape index (κ1) is 19.3. The third-order valence-electron chi connectivity index (χ3n) is 4.70. The van der Waals surface area contributed by atoms with Crippen LogP contribution in [0.4, 0.5) is 0 Å². The van der Waals surface area contributed by atoms with E-state index in [1.807, 2.05) is 62.8 Å². The van der Waals surface area contributed by atoms with Gasteiger partial charge in [-0.1, -0.05) is 23.7 Å². The highest BCUT2D eigenvalue weighted by Crippen LogP contribution is 2.23. The van der Waals surface area contributed by atoms with Crippen LogP contribution in [0.2, 0.25) is 5.02 Å². The fraction of sp³-hybridized carbons (Fsp3) is 0.286. The fourth-order valence-electron chi connectivity index (χ4n) is 3.17.